The van der Waals surface area contributed by atoms with Crippen molar-refractivity contribution in [3.05, 3.63) is 29.8 Å². The number of carbonyl (C=O) groups is 2. The molecule has 0 spiro atoms. The molecule has 0 fully saturated rings. The third-order valence-electron chi connectivity index (χ3n) is 3.11. The summed E-state index contributed by atoms with van der Waals surface area (Å²) in [4.78, 5) is 22.3. The highest BCUT2D eigenvalue weighted by atomic mass is 16.2. The summed E-state index contributed by atoms with van der Waals surface area (Å²) in [6.45, 7) is 3.52. The summed E-state index contributed by atoms with van der Waals surface area (Å²) in [7, 11) is 0. The van der Waals surface area contributed by atoms with Crippen molar-refractivity contribution < 1.29 is 9.59 Å². The molecule has 1 atom stereocenters. The van der Waals surface area contributed by atoms with E-state index < -0.39 is 0 Å². The fourth-order valence-electron chi connectivity index (χ4n) is 2.15. The lowest BCUT2D eigenvalue weighted by Gasteiger charge is -2.21. The second kappa shape index (κ2) is 5.65. The first-order valence-electron chi connectivity index (χ1n) is 6.34. The van der Waals surface area contributed by atoms with Crippen molar-refractivity contribution in [2.24, 2.45) is 11.0 Å². The number of hydrogen-bond acceptors (Lipinski definition) is 3. The van der Waals surface area contributed by atoms with Gasteiger partial charge in [-0.2, -0.15) is 5.10 Å². The van der Waals surface area contributed by atoms with Crippen LogP contribution in [-0.4, -0.2) is 17.5 Å². The number of anilines is 1. The summed E-state index contributed by atoms with van der Waals surface area (Å²) >= 11 is 0. The quantitative estimate of drug-likeness (QED) is 0.870. The van der Waals surface area contributed by atoms with Crippen LogP contribution in [0.2, 0.25) is 0 Å². The first-order chi connectivity index (χ1) is 9.10. The zero-order valence-electron chi connectivity index (χ0n) is 11.1. The molecule has 1 unspecified atom stereocenters. The van der Waals surface area contributed by atoms with E-state index in [0.717, 1.165) is 23.4 Å². The molecule has 5 nitrogen and oxygen atoms in total. The van der Waals surface area contributed by atoms with E-state index >= 15 is 0 Å². The molecule has 1 heterocycles. The summed E-state index contributed by atoms with van der Waals surface area (Å²) < 4.78 is 0. The van der Waals surface area contributed by atoms with Crippen molar-refractivity contribution >= 4 is 23.2 Å². The molecule has 1 aliphatic rings. The Morgan fingerprint density at radius 1 is 1.42 bits per heavy atom. The van der Waals surface area contributed by atoms with E-state index in [4.69, 9.17) is 0 Å². The minimum absolute atomic E-state index is 0.0366. The largest absolute Gasteiger partial charge is 0.326 e. The van der Waals surface area contributed by atoms with Gasteiger partial charge in [-0.25, -0.2) is 5.43 Å². The van der Waals surface area contributed by atoms with Gasteiger partial charge in [0, 0.05) is 24.9 Å². The van der Waals surface area contributed by atoms with E-state index in [1.165, 1.54) is 6.92 Å². The van der Waals surface area contributed by atoms with Crippen molar-refractivity contribution in [1.82, 2.24) is 5.43 Å². The van der Waals surface area contributed by atoms with E-state index in [9.17, 15) is 9.59 Å². The standard InChI is InChI=1S/C14H17N3O2/c1-3-10-8-13(19)16-17-14(10)11-4-6-12(7-5-11)15-9(2)18/h4-7,10H,3,8H2,1-2H3,(H,15,18)(H,16,19). The third kappa shape index (κ3) is 3.19. The molecule has 1 aliphatic heterocycles. The van der Waals surface area contributed by atoms with Crippen LogP contribution >= 0.6 is 0 Å². The number of rotatable bonds is 3. The molecule has 0 aliphatic carbocycles. The number of carbonyl (C=O) groups excluding carboxylic acids is 2. The highest BCUT2D eigenvalue weighted by molar-refractivity contribution is 6.06. The molecule has 2 amide bonds. The molecule has 2 N–H and O–H groups in total. The van der Waals surface area contributed by atoms with E-state index in [1.54, 1.807) is 0 Å². The van der Waals surface area contributed by atoms with Gasteiger partial charge in [0.2, 0.25) is 11.8 Å². The van der Waals surface area contributed by atoms with Gasteiger partial charge in [0.05, 0.1) is 5.71 Å². The smallest absolute Gasteiger partial charge is 0.240 e. The number of amides is 2. The average Bonchev–Trinajstić information content (AvgIpc) is 2.39. The van der Waals surface area contributed by atoms with E-state index in [0.29, 0.717) is 6.42 Å². The Hall–Kier alpha value is -2.17. The van der Waals surface area contributed by atoms with Crippen LogP contribution in [-0.2, 0) is 9.59 Å². The monoisotopic (exact) mass is 259 g/mol. The van der Waals surface area contributed by atoms with E-state index in [2.05, 4.69) is 15.8 Å². The van der Waals surface area contributed by atoms with Crippen molar-refractivity contribution in [3.8, 4) is 0 Å². The fourth-order valence-corrected chi connectivity index (χ4v) is 2.15. The molecule has 1 aromatic rings. The van der Waals surface area contributed by atoms with Crippen molar-refractivity contribution in [2.75, 3.05) is 5.32 Å². The Kier molecular flexibility index (Phi) is 3.94. The number of nitrogens with one attached hydrogen (secondary N) is 2. The minimum Gasteiger partial charge on any atom is -0.326 e. The van der Waals surface area contributed by atoms with Crippen LogP contribution in [0.1, 0.15) is 32.3 Å². The molecule has 19 heavy (non-hydrogen) atoms. The third-order valence-corrected chi connectivity index (χ3v) is 3.11. The predicted octanol–water partition coefficient (Wildman–Crippen LogP) is 1.90. The Balaban J connectivity index is 2.21. The van der Waals surface area contributed by atoms with Crippen LogP contribution in [0, 0.1) is 5.92 Å². The lowest BCUT2D eigenvalue weighted by Crippen LogP contribution is -2.33. The fraction of sp³-hybridized carbons (Fsp3) is 0.357. The molecular formula is C14H17N3O2. The van der Waals surface area contributed by atoms with Gasteiger partial charge in [0.1, 0.15) is 0 Å². The molecule has 0 radical (unpaired) electrons. The molecule has 5 heteroatoms. The van der Waals surface area contributed by atoms with Gasteiger partial charge < -0.3 is 5.32 Å². The van der Waals surface area contributed by atoms with Crippen LogP contribution in [0.4, 0.5) is 5.69 Å². The molecule has 100 valence electrons. The maximum Gasteiger partial charge on any atom is 0.240 e. The molecule has 0 saturated heterocycles. The van der Waals surface area contributed by atoms with E-state index in [1.807, 2.05) is 31.2 Å². The maximum atomic E-state index is 11.3. The summed E-state index contributed by atoms with van der Waals surface area (Å²) in [5.74, 6) is 0.0206. The van der Waals surface area contributed by atoms with Gasteiger partial charge in [-0.3, -0.25) is 9.59 Å². The van der Waals surface area contributed by atoms with Crippen LogP contribution in [0.15, 0.2) is 29.4 Å². The highest BCUT2D eigenvalue weighted by Gasteiger charge is 2.23. The maximum absolute atomic E-state index is 11.3. The van der Waals surface area contributed by atoms with Gasteiger partial charge in [-0.05, 0) is 24.1 Å². The Morgan fingerprint density at radius 2 is 2.11 bits per heavy atom. The number of hydrogen-bond donors (Lipinski definition) is 2. The topological polar surface area (TPSA) is 70.6 Å². The molecular weight excluding hydrogens is 242 g/mol. The number of nitrogens with zero attached hydrogens (tertiary/aromatic N) is 1. The predicted molar refractivity (Wildman–Crippen MR) is 73.8 cm³/mol. The molecule has 2 rings (SSSR count). The average molecular weight is 259 g/mol. The SMILES string of the molecule is CCC1CC(=O)NN=C1c1ccc(NC(C)=O)cc1. The molecule has 1 aromatic carbocycles. The van der Waals surface area contributed by atoms with Crippen molar-refractivity contribution in [1.29, 1.82) is 0 Å². The normalized spacial score (nSPS) is 18.5. The van der Waals surface area contributed by atoms with Crippen molar-refractivity contribution in [2.45, 2.75) is 26.7 Å². The van der Waals surface area contributed by atoms with Gasteiger partial charge >= 0.3 is 0 Å². The lowest BCUT2D eigenvalue weighted by molar-refractivity contribution is -0.122. The van der Waals surface area contributed by atoms with E-state index in [-0.39, 0.29) is 17.7 Å². The van der Waals surface area contributed by atoms with Gasteiger partial charge in [0.15, 0.2) is 0 Å². The van der Waals surface area contributed by atoms with Crippen LogP contribution in [0.25, 0.3) is 0 Å². The van der Waals surface area contributed by atoms with Crippen molar-refractivity contribution in [3.63, 3.8) is 0 Å². The lowest BCUT2D eigenvalue weighted by atomic mass is 9.90. The first-order valence-corrected chi connectivity index (χ1v) is 6.34. The zero-order valence-corrected chi connectivity index (χ0v) is 11.1. The number of hydrazone groups is 1. The summed E-state index contributed by atoms with van der Waals surface area (Å²) in [5, 5.41) is 6.87. The van der Waals surface area contributed by atoms with Crippen LogP contribution in [0.3, 0.4) is 0 Å². The van der Waals surface area contributed by atoms with Gasteiger partial charge in [0.25, 0.3) is 0 Å². The van der Waals surface area contributed by atoms with Crippen LogP contribution < -0.4 is 10.7 Å². The molecule has 0 bridgehead atoms. The number of benzene rings is 1. The van der Waals surface area contributed by atoms with Gasteiger partial charge in [-0.15, -0.1) is 0 Å². The highest BCUT2D eigenvalue weighted by Crippen LogP contribution is 2.21. The minimum atomic E-state index is -0.0959. The second-order valence-corrected chi connectivity index (χ2v) is 4.60. The Bertz CT molecular complexity index is 520. The molecule has 0 saturated carbocycles. The summed E-state index contributed by atoms with van der Waals surface area (Å²) in [6, 6.07) is 7.49. The summed E-state index contributed by atoms with van der Waals surface area (Å²) in [5.41, 5.74) is 5.15. The van der Waals surface area contributed by atoms with Gasteiger partial charge in [-0.1, -0.05) is 19.1 Å². The second-order valence-electron chi connectivity index (χ2n) is 4.60. The molecule has 0 aromatic heterocycles. The van der Waals surface area contributed by atoms with Crippen LogP contribution in [0.5, 0.6) is 0 Å². The Labute approximate surface area is 112 Å². The zero-order chi connectivity index (χ0) is 13.8. The summed E-state index contributed by atoms with van der Waals surface area (Å²) in [6.07, 6.45) is 1.35. The first kappa shape index (κ1) is 13.3. The Morgan fingerprint density at radius 3 is 2.68 bits per heavy atom.